The SMILES string of the molecule is CCCCCCCCCCOC(=O)CCCCCCN(CCCCO)CCCCCC(=O)OC1CCC2(C)C(=CCC3C2CCC2(C)C(C(C)CCCC(C)C)CCC32)C1. The smallest absolute Gasteiger partial charge is 0.306 e. The number of unbranched alkanes of at least 4 members (excludes halogenated alkanes) is 13. The Morgan fingerprint density at radius 3 is 2.05 bits per heavy atom. The summed E-state index contributed by atoms with van der Waals surface area (Å²) < 4.78 is 11.7. The number of allylic oxidation sites excluding steroid dienone is 1. The van der Waals surface area contributed by atoms with Gasteiger partial charge in [0.15, 0.2) is 0 Å². The lowest BCUT2D eigenvalue weighted by Gasteiger charge is -2.58. The second-order valence-corrected chi connectivity index (χ2v) is 21.6. The topological polar surface area (TPSA) is 76.1 Å². The summed E-state index contributed by atoms with van der Waals surface area (Å²) in [5, 5.41) is 9.35. The summed E-state index contributed by atoms with van der Waals surface area (Å²) in [6, 6.07) is 0. The number of rotatable bonds is 32. The second-order valence-electron chi connectivity index (χ2n) is 21.6. The predicted molar refractivity (Wildman–Crippen MR) is 251 cm³/mol. The van der Waals surface area contributed by atoms with E-state index in [1.807, 2.05) is 0 Å². The minimum atomic E-state index is -0.0323. The number of ether oxygens (including phenoxy) is 2. The van der Waals surface area contributed by atoms with Gasteiger partial charge in [-0.15, -0.1) is 0 Å². The molecule has 1 N–H and O–H groups in total. The lowest BCUT2D eigenvalue weighted by molar-refractivity contribution is -0.151. The number of carbonyl (C=O) groups excluding carboxylic acids is 2. The zero-order valence-corrected chi connectivity index (χ0v) is 40.4. The molecule has 0 spiro atoms. The molecule has 0 bridgehead atoms. The molecule has 3 saturated carbocycles. The van der Waals surface area contributed by atoms with Crippen molar-refractivity contribution >= 4 is 11.9 Å². The largest absolute Gasteiger partial charge is 0.466 e. The molecule has 0 heterocycles. The monoisotopic (exact) mass is 840 g/mol. The number of hydrogen-bond donors (Lipinski definition) is 1. The van der Waals surface area contributed by atoms with E-state index in [-0.39, 0.29) is 30.1 Å². The molecule has 8 unspecified atom stereocenters. The number of aliphatic hydroxyl groups excluding tert-OH is 1. The highest BCUT2D eigenvalue weighted by atomic mass is 16.5. The van der Waals surface area contributed by atoms with Crippen molar-refractivity contribution in [2.75, 3.05) is 32.8 Å². The lowest BCUT2D eigenvalue weighted by atomic mass is 9.47. The molecule has 6 heteroatoms. The van der Waals surface area contributed by atoms with Crippen LogP contribution in [-0.4, -0.2) is 60.9 Å². The first-order valence-electron chi connectivity index (χ1n) is 26.4. The average molecular weight is 840 g/mol. The molecular weight excluding hydrogens is 743 g/mol. The summed E-state index contributed by atoms with van der Waals surface area (Å²) in [5.41, 5.74) is 2.43. The highest BCUT2D eigenvalue weighted by Gasteiger charge is 2.59. The molecule has 8 atom stereocenters. The van der Waals surface area contributed by atoms with Crippen molar-refractivity contribution in [2.45, 2.75) is 240 Å². The number of fused-ring (bicyclic) bond motifs is 5. The average Bonchev–Trinajstić information content (AvgIpc) is 3.58. The van der Waals surface area contributed by atoms with Gasteiger partial charge in [-0.1, -0.05) is 137 Å². The summed E-state index contributed by atoms with van der Waals surface area (Å²) >= 11 is 0. The van der Waals surface area contributed by atoms with Crippen LogP contribution in [0.1, 0.15) is 234 Å². The van der Waals surface area contributed by atoms with Gasteiger partial charge in [0.05, 0.1) is 6.61 Å². The summed E-state index contributed by atoms with van der Waals surface area (Å²) in [7, 11) is 0. The first-order chi connectivity index (χ1) is 29.0. The third-order valence-corrected chi connectivity index (χ3v) is 16.7. The maximum absolute atomic E-state index is 13.1. The molecule has 4 rings (SSSR count). The van der Waals surface area contributed by atoms with Crippen LogP contribution < -0.4 is 0 Å². The Hall–Kier alpha value is -1.40. The molecule has 0 saturated heterocycles. The van der Waals surface area contributed by atoms with Crippen LogP contribution >= 0.6 is 0 Å². The van der Waals surface area contributed by atoms with E-state index in [0.717, 1.165) is 132 Å². The Balaban J connectivity index is 1.08. The fraction of sp³-hybridized carbons (Fsp3) is 0.926. The van der Waals surface area contributed by atoms with Crippen LogP contribution in [0.5, 0.6) is 0 Å². The zero-order valence-electron chi connectivity index (χ0n) is 40.4. The van der Waals surface area contributed by atoms with Gasteiger partial charge in [0.1, 0.15) is 6.10 Å². The first kappa shape index (κ1) is 51.2. The highest BCUT2D eigenvalue weighted by Crippen LogP contribution is 2.67. The van der Waals surface area contributed by atoms with Crippen molar-refractivity contribution in [1.82, 2.24) is 4.90 Å². The van der Waals surface area contributed by atoms with Crippen molar-refractivity contribution in [2.24, 2.45) is 46.3 Å². The number of nitrogens with zero attached hydrogens (tertiary/aromatic N) is 1. The highest BCUT2D eigenvalue weighted by molar-refractivity contribution is 5.69. The van der Waals surface area contributed by atoms with Gasteiger partial charge < -0.3 is 19.5 Å². The molecule has 4 aliphatic rings. The fourth-order valence-corrected chi connectivity index (χ4v) is 13.0. The van der Waals surface area contributed by atoms with Gasteiger partial charge in [-0.25, -0.2) is 0 Å². The predicted octanol–water partition coefficient (Wildman–Crippen LogP) is 14.2. The number of hydrogen-bond acceptors (Lipinski definition) is 6. The quantitative estimate of drug-likeness (QED) is 0.0413. The Labute approximate surface area is 370 Å². The number of carbonyl (C=O) groups is 2. The molecule has 0 radical (unpaired) electrons. The molecule has 4 aliphatic carbocycles. The molecule has 348 valence electrons. The van der Waals surface area contributed by atoms with E-state index in [9.17, 15) is 14.7 Å². The van der Waals surface area contributed by atoms with Crippen LogP contribution in [0, 0.1) is 46.3 Å². The Kier molecular flexibility index (Phi) is 23.7. The molecule has 0 aromatic heterocycles. The van der Waals surface area contributed by atoms with Gasteiger partial charge in [-0.2, -0.15) is 0 Å². The van der Waals surface area contributed by atoms with Crippen LogP contribution in [0.3, 0.4) is 0 Å². The first-order valence-corrected chi connectivity index (χ1v) is 26.4. The molecule has 60 heavy (non-hydrogen) atoms. The van der Waals surface area contributed by atoms with Gasteiger partial charge in [0, 0.05) is 25.9 Å². The maximum Gasteiger partial charge on any atom is 0.306 e. The third-order valence-electron chi connectivity index (χ3n) is 16.7. The summed E-state index contributed by atoms with van der Waals surface area (Å²) in [4.78, 5) is 27.8. The number of aliphatic hydroxyl groups is 1. The van der Waals surface area contributed by atoms with Crippen molar-refractivity contribution < 1.29 is 24.2 Å². The molecule has 0 aromatic rings. The Morgan fingerprint density at radius 1 is 0.717 bits per heavy atom. The third kappa shape index (κ3) is 16.3. The zero-order chi connectivity index (χ0) is 43.2. The fourth-order valence-electron chi connectivity index (χ4n) is 13.0. The van der Waals surface area contributed by atoms with E-state index in [2.05, 4.69) is 52.5 Å². The molecule has 0 aromatic carbocycles. The van der Waals surface area contributed by atoms with E-state index in [1.54, 1.807) is 5.57 Å². The van der Waals surface area contributed by atoms with E-state index in [4.69, 9.17) is 9.47 Å². The van der Waals surface area contributed by atoms with E-state index in [1.165, 1.54) is 103 Å². The number of esters is 2. The van der Waals surface area contributed by atoms with Gasteiger partial charge in [0.2, 0.25) is 0 Å². The van der Waals surface area contributed by atoms with Gasteiger partial charge in [0.25, 0.3) is 0 Å². The molecule has 0 amide bonds. The Morgan fingerprint density at radius 2 is 1.35 bits per heavy atom. The van der Waals surface area contributed by atoms with Gasteiger partial charge in [-0.05, 0) is 156 Å². The Bertz CT molecular complexity index is 1230. The van der Waals surface area contributed by atoms with E-state index < -0.39 is 0 Å². The van der Waals surface area contributed by atoms with Crippen LogP contribution in [0.4, 0.5) is 0 Å². The van der Waals surface area contributed by atoms with E-state index >= 15 is 0 Å². The summed E-state index contributed by atoms with van der Waals surface area (Å²) in [6.45, 7) is 18.8. The lowest BCUT2D eigenvalue weighted by Crippen LogP contribution is -2.51. The summed E-state index contributed by atoms with van der Waals surface area (Å²) in [5.74, 6) is 5.07. The molecular formula is C54H97NO5. The van der Waals surface area contributed by atoms with Crippen molar-refractivity contribution in [3.63, 3.8) is 0 Å². The van der Waals surface area contributed by atoms with Gasteiger partial charge >= 0.3 is 11.9 Å². The normalized spacial score (nSPS) is 27.9. The maximum atomic E-state index is 13.1. The molecule has 0 aliphatic heterocycles. The standard InChI is InChI=1S/C54H97NO5/c1-7-8-9-10-11-12-15-23-41-59-51(57)27-17-13-14-19-37-55(39-21-22-40-56)38-20-16-18-28-52(58)60-46-33-35-53(5)45(42-46)29-30-47-49-32-31-48(44(4)26-24-25-43(2)3)54(49,6)36-34-50(47)53/h29,43-44,46-50,56H,7-28,30-42H2,1-6H3. The second kappa shape index (κ2) is 27.7. The van der Waals surface area contributed by atoms with Crippen LogP contribution in [-0.2, 0) is 19.1 Å². The molecule has 3 fully saturated rings. The van der Waals surface area contributed by atoms with Crippen molar-refractivity contribution in [3.8, 4) is 0 Å². The van der Waals surface area contributed by atoms with Crippen LogP contribution in [0.25, 0.3) is 0 Å². The minimum absolute atomic E-state index is 0.00248. The van der Waals surface area contributed by atoms with Crippen molar-refractivity contribution in [1.29, 1.82) is 0 Å². The van der Waals surface area contributed by atoms with Crippen LogP contribution in [0.2, 0.25) is 0 Å². The minimum Gasteiger partial charge on any atom is -0.466 e. The van der Waals surface area contributed by atoms with E-state index in [0.29, 0.717) is 24.9 Å². The molecule has 6 nitrogen and oxygen atoms in total. The van der Waals surface area contributed by atoms with Crippen LogP contribution in [0.15, 0.2) is 11.6 Å². The summed E-state index contributed by atoms with van der Waals surface area (Å²) in [6.07, 6.45) is 37.2. The van der Waals surface area contributed by atoms with Gasteiger partial charge in [-0.3, -0.25) is 9.59 Å². The van der Waals surface area contributed by atoms with Crippen molar-refractivity contribution in [3.05, 3.63) is 11.6 Å².